The van der Waals surface area contributed by atoms with Gasteiger partial charge in [-0.05, 0) is 56.5 Å². The third-order valence-electron chi connectivity index (χ3n) is 11.2. The predicted octanol–water partition coefficient (Wildman–Crippen LogP) is 5.12. The van der Waals surface area contributed by atoms with Gasteiger partial charge in [0.05, 0.1) is 39.6 Å². The molecule has 296 valence electrons. The molecule has 12 nitrogen and oxygen atoms in total. The molecule has 3 saturated heterocycles. The number of aromatic nitrogens is 3. The molecule has 18 heteroatoms. The molecular weight excluding hydrogens is 734 g/mol. The summed E-state index contributed by atoms with van der Waals surface area (Å²) in [6.07, 6.45) is -10.3. The van der Waals surface area contributed by atoms with Gasteiger partial charge in [0.2, 0.25) is 0 Å². The Bertz CT molecular complexity index is 2080. The third-order valence-corrected chi connectivity index (χ3v) is 11.2. The van der Waals surface area contributed by atoms with Crippen molar-refractivity contribution >= 4 is 39.6 Å². The van der Waals surface area contributed by atoms with Gasteiger partial charge in [0.25, 0.3) is 5.91 Å². The molecule has 4 aromatic rings. The minimum absolute atomic E-state index is 0.110. The molecule has 1 unspecified atom stereocenters. The number of ether oxygens (including phenoxy) is 1. The van der Waals surface area contributed by atoms with Crippen LogP contribution < -0.4 is 11.4 Å². The number of piperidine rings is 2. The number of likely N-dealkylation sites (tertiary alicyclic amines) is 2. The number of nitrogen functional groups attached to an aromatic ring is 1. The van der Waals surface area contributed by atoms with Gasteiger partial charge in [-0.2, -0.15) is 26.3 Å². The fourth-order valence-electron chi connectivity index (χ4n) is 8.12. The number of nitrogens with two attached hydrogens (primary N) is 1. The number of pyridine rings is 1. The van der Waals surface area contributed by atoms with Crippen molar-refractivity contribution in [2.45, 2.75) is 62.6 Å². The summed E-state index contributed by atoms with van der Waals surface area (Å²) in [6.45, 7) is 4.33. The number of nitrogens with zero attached hydrogens (tertiary/aromatic N) is 6. The van der Waals surface area contributed by atoms with Gasteiger partial charge in [0.15, 0.2) is 6.10 Å². The van der Waals surface area contributed by atoms with Gasteiger partial charge in [-0.25, -0.2) is 9.59 Å². The summed E-state index contributed by atoms with van der Waals surface area (Å²) >= 11 is 0. The number of benzene rings is 2. The molecule has 0 saturated carbocycles. The van der Waals surface area contributed by atoms with Gasteiger partial charge in [0.1, 0.15) is 0 Å². The summed E-state index contributed by atoms with van der Waals surface area (Å²) in [5, 5.41) is 0.780. The molecule has 3 N–H and O–H groups in total. The zero-order valence-electron chi connectivity index (χ0n) is 30.1. The monoisotopic (exact) mass is 776 g/mol. The molecule has 2 aromatic heterocycles. The van der Waals surface area contributed by atoms with Gasteiger partial charge < -0.3 is 30.2 Å². The lowest BCUT2D eigenvalue weighted by Crippen LogP contribution is -2.54. The Labute approximate surface area is 311 Å². The standard InChI is InChI=1S/C37H42F6N8O4/c1-47-14-16-48(17-15-47)23-6-10-49(11-7-23)33(52)30(20-22-18-26(36(38,39)40)31(44)27(19-22)37(41,42)43)55-35(54)50-12-8-24(9-13-50)51-29-21-45-28-5-3-2-4-25(28)32(29)46-34(51)53/h2-5,18-19,21,23-24,30H,6-17,20,44H2,1H3,(H,46,53). The second-order valence-electron chi connectivity index (χ2n) is 14.6. The van der Waals surface area contributed by atoms with Crippen LogP contribution in [-0.4, -0.2) is 118 Å². The van der Waals surface area contributed by atoms with Crippen LogP contribution in [0.2, 0.25) is 0 Å². The fraction of sp³-hybridized carbons (Fsp3) is 0.514. The summed E-state index contributed by atoms with van der Waals surface area (Å²) in [4.78, 5) is 55.6. The summed E-state index contributed by atoms with van der Waals surface area (Å²) in [5.41, 5.74) is 1.61. The minimum Gasteiger partial charge on any atom is -0.436 e. The Morgan fingerprint density at radius 2 is 1.45 bits per heavy atom. The normalized spacial score (nSPS) is 19.3. The van der Waals surface area contributed by atoms with E-state index in [0.29, 0.717) is 54.4 Å². The molecule has 3 fully saturated rings. The molecular formula is C37H42F6N8O4. The lowest BCUT2D eigenvalue weighted by Gasteiger charge is -2.42. The van der Waals surface area contributed by atoms with Crippen molar-refractivity contribution in [2.24, 2.45) is 0 Å². The molecule has 1 atom stereocenters. The number of aromatic amines is 1. The number of hydrogen-bond donors (Lipinski definition) is 2. The van der Waals surface area contributed by atoms with E-state index in [9.17, 15) is 40.7 Å². The van der Waals surface area contributed by atoms with E-state index >= 15 is 0 Å². The lowest BCUT2D eigenvalue weighted by atomic mass is 9.97. The van der Waals surface area contributed by atoms with E-state index in [1.807, 2.05) is 31.3 Å². The number of H-pyrrole nitrogens is 1. The largest absolute Gasteiger partial charge is 0.436 e. The SMILES string of the molecule is CN1CCN(C2CCN(C(=O)C(Cc3cc(C(F)(F)F)c(N)c(C(F)(F)F)c3)OC(=O)N3CCC(n4c(=O)[nH]c5c6ccccc6ncc54)CC3)CC2)CC1. The van der Waals surface area contributed by atoms with Crippen LogP contribution in [0.4, 0.5) is 36.8 Å². The second kappa shape index (κ2) is 15.0. The maximum Gasteiger partial charge on any atom is 0.418 e. The van der Waals surface area contributed by atoms with Crippen molar-refractivity contribution in [3.05, 3.63) is 69.8 Å². The quantitative estimate of drug-likeness (QED) is 0.204. The highest BCUT2D eigenvalue weighted by Gasteiger charge is 2.42. The van der Waals surface area contributed by atoms with E-state index in [0.717, 1.165) is 31.6 Å². The average Bonchev–Trinajstić information content (AvgIpc) is 3.50. The van der Waals surface area contributed by atoms with Crippen LogP contribution >= 0.6 is 0 Å². The van der Waals surface area contributed by atoms with Crippen LogP contribution in [0, 0.1) is 0 Å². The number of piperazine rings is 1. The number of carbonyl (C=O) groups is 2. The van der Waals surface area contributed by atoms with E-state index in [2.05, 4.69) is 19.8 Å². The van der Waals surface area contributed by atoms with Gasteiger partial charge >= 0.3 is 24.1 Å². The number of imidazole rings is 1. The lowest BCUT2D eigenvalue weighted by molar-refractivity contribution is -0.142. The minimum atomic E-state index is -5.22. The number of para-hydroxylation sites is 1. The first-order valence-electron chi connectivity index (χ1n) is 18.3. The van der Waals surface area contributed by atoms with Crippen molar-refractivity contribution in [1.82, 2.24) is 34.1 Å². The van der Waals surface area contributed by atoms with Crippen LogP contribution in [0.25, 0.3) is 21.9 Å². The first-order valence-corrected chi connectivity index (χ1v) is 18.3. The number of amides is 2. The molecule has 0 aliphatic carbocycles. The van der Waals surface area contributed by atoms with E-state index in [1.54, 1.807) is 10.8 Å². The Morgan fingerprint density at radius 1 is 0.873 bits per heavy atom. The molecule has 3 aliphatic rings. The van der Waals surface area contributed by atoms with E-state index in [-0.39, 0.29) is 44.0 Å². The van der Waals surface area contributed by atoms with E-state index < -0.39 is 59.3 Å². The molecule has 55 heavy (non-hydrogen) atoms. The first kappa shape index (κ1) is 38.4. The maximum absolute atomic E-state index is 14.0. The van der Waals surface area contributed by atoms with Gasteiger partial charge in [-0.3, -0.25) is 19.2 Å². The highest BCUT2D eigenvalue weighted by molar-refractivity contribution is 6.01. The number of nitrogens with one attached hydrogen (secondary N) is 1. The third kappa shape index (κ3) is 7.97. The molecule has 5 heterocycles. The van der Waals surface area contributed by atoms with Crippen molar-refractivity contribution in [1.29, 1.82) is 0 Å². The summed E-state index contributed by atoms with van der Waals surface area (Å²) < 4.78 is 90.8. The van der Waals surface area contributed by atoms with Gasteiger partial charge in [0, 0.05) is 76.2 Å². The predicted molar refractivity (Wildman–Crippen MR) is 191 cm³/mol. The zero-order valence-corrected chi connectivity index (χ0v) is 30.1. The maximum atomic E-state index is 14.0. The van der Waals surface area contributed by atoms with E-state index in [1.165, 1.54) is 9.80 Å². The van der Waals surface area contributed by atoms with E-state index in [4.69, 9.17) is 10.5 Å². The molecule has 0 bridgehead atoms. The highest BCUT2D eigenvalue weighted by atomic mass is 19.4. The average molecular weight is 777 g/mol. The zero-order chi connectivity index (χ0) is 39.2. The Kier molecular flexibility index (Phi) is 10.5. The summed E-state index contributed by atoms with van der Waals surface area (Å²) in [7, 11) is 2.04. The van der Waals surface area contributed by atoms with Crippen LogP contribution in [0.1, 0.15) is 48.4 Å². The Morgan fingerprint density at radius 3 is 2.07 bits per heavy atom. The number of hydrogen-bond acceptors (Lipinski definition) is 8. The smallest absolute Gasteiger partial charge is 0.418 e. The molecule has 7 rings (SSSR count). The molecule has 0 radical (unpaired) electrons. The van der Waals surface area contributed by atoms with Crippen molar-refractivity contribution in [3.8, 4) is 0 Å². The number of anilines is 1. The molecule has 2 amide bonds. The van der Waals surface area contributed by atoms with Crippen LogP contribution in [0.3, 0.4) is 0 Å². The molecule has 3 aliphatic heterocycles. The number of carbonyl (C=O) groups excluding carboxylic acids is 2. The van der Waals surface area contributed by atoms with Crippen molar-refractivity contribution in [3.63, 3.8) is 0 Å². The van der Waals surface area contributed by atoms with Crippen LogP contribution in [-0.2, 0) is 28.3 Å². The van der Waals surface area contributed by atoms with Gasteiger partial charge in [-0.1, -0.05) is 18.2 Å². The topological polar surface area (TPSA) is 133 Å². The fourth-order valence-corrected chi connectivity index (χ4v) is 8.12. The number of halogens is 6. The second-order valence-corrected chi connectivity index (χ2v) is 14.6. The summed E-state index contributed by atoms with van der Waals surface area (Å²) in [5.74, 6) is -0.705. The Balaban J connectivity index is 1.09. The van der Waals surface area contributed by atoms with Crippen molar-refractivity contribution in [2.75, 3.05) is 65.1 Å². The van der Waals surface area contributed by atoms with Crippen LogP contribution in [0.5, 0.6) is 0 Å². The number of likely N-dealkylation sites (N-methyl/N-ethyl adjacent to an activating group) is 1. The van der Waals surface area contributed by atoms with Gasteiger partial charge in [-0.15, -0.1) is 0 Å². The summed E-state index contributed by atoms with van der Waals surface area (Å²) in [6, 6.07) is 8.21. The number of alkyl halides is 6. The molecule has 2 aromatic carbocycles. The first-order chi connectivity index (χ1) is 26.1. The van der Waals surface area contributed by atoms with Crippen LogP contribution in [0.15, 0.2) is 47.4 Å². The highest BCUT2D eigenvalue weighted by Crippen LogP contribution is 2.42. The molecule has 0 spiro atoms. The number of rotatable bonds is 6. The Hall–Kier alpha value is -4.84. The van der Waals surface area contributed by atoms with Crippen molar-refractivity contribution < 1.29 is 40.7 Å². The number of fused-ring (bicyclic) bond motifs is 3.